The van der Waals surface area contributed by atoms with Crippen LogP contribution in [0.1, 0.15) is 104 Å². The highest BCUT2D eigenvalue weighted by Gasteiger charge is 2.67. The number of benzene rings is 1. The number of likely N-dealkylation sites (N-methyl/N-ethyl adjacent to an activating group) is 1. The summed E-state index contributed by atoms with van der Waals surface area (Å²) in [7, 11) is 1.55. The van der Waals surface area contributed by atoms with Crippen LogP contribution in [0.4, 0.5) is 4.79 Å². The number of carbonyl (C=O) groups excluding carboxylic acids is 3. The van der Waals surface area contributed by atoms with Gasteiger partial charge in [-0.05, 0) is 129 Å². The summed E-state index contributed by atoms with van der Waals surface area (Å²) in [5, 5.41) is 0. The summed E-state index contributed by atoms with van der Waals surface area (Å²) >= 11 is 0. The standard InChI is InChI=1S/C37H55BN2O9/c1-34(2,3)46-32(42)29-26(44-24-20-40(21-24)31(41)25-12-11-17-39(25)10)14-13-22(30(29)45-33(43)47-35(4,5)6)15-16-38-48-28-19-23-18-27(36(23,7)8)37(28,9)49-38/h13-14,23-25,27-28H,11-12,15-21H2,1-10H3/t23-,25-,27-,28+,37-/m0/s1. The smallest absolute Gasteiger partial charge is 0.486 e. The lowest BCUT2D eigenvalue weighted by Gasteiger charge is -2.64. The zero-order valence-electron chi connectivity index (χ0n) is 31.1. The third-order valence-electron chi connectivity index (χ3n) is 11.3. The van der Waals surface area contributed by atoms with Crippen LogP contribution < -0.4 is 9.47 Å². The minimum atomic E-state index is -0.939. The van der Waals surface area contributed by atoms with E-state index in [1.54, 1.807) is 52.5 Å². The number of rotatable bonds is 8. The molecular formula is C37H55BN2O9. The summed E-state index contributed by atoms with van der Waals surface area (Å²) in [6.45, 7) is 19.1. The average molecular weight is 683 g/mol. The molecule has 3 saturated heterocycles. The van der Waals surface area contributed by atoms with Gasteiger partial charge in [-0.2, -0.15) is 0 Å². The Kier molecular flexibility index (Phi) is 9.36. The molecule has 0 unspecified atom stereocenters. The van der Waals surface area contributed by atoms with E-state index in [9.17, 15) is 14.4 Å². The van der Waals surface area contributed by atoms with Gasteiger partial charge in [0.05, 0.1) is 30.8 Å². The van der Waals surface area contributed by atoms with Gasteiger partial charge in [0, 0.05) is 0 Å². The maximum atomic E-state index is 13.9. The van der Waals surface area contributed by atoms with Crippen molar-refractivity contribution in [1.29, 1.82) is 0 Å². The Hall–Kier alpha value is -2.83. The van der Waals surface area contributed by atoms with Crippen LogP contribution in [0.25, 0.3) is 0 Å². The molecule has 5 atom stereocenters. The highest BCUT2D eigenvalue weighted by atomic mass is 16.7. The van der Waals surface area contributed by atoms with Crippen LogP contribution in [0.15, 0.2) is 12.1 Å². The Bertz CT molecular complexity index is 1460. The lowest BCUT2D eigenvalue weighted by atomic mass is 9.43. The van der Waals surface area contributed by atoms with Gasteiger partial charge in [0.1, 0.15) is 28.6 Å². The fourth-order valence-corrected chi connectivity index (χ4v) is 8.55. The van der Waals surface area contributed by atoms with Crippen LogP contribution >= 0.6 is 0 Å². The van der Waals surface area contributed by atoms with Gasteiger partial charge in [-0.15, -0.1) is 0 Å². The normalized spacial score (nSPS) is 29.5. The molecule has 1 amide bonds. The Balaban J connectivity index is 1.24. The van der Waals surface area contributed by atoms with Gasteiger partial charge in [-0.3, -0.25) is 9.69 Å². The van der Waals surface area contributed by atoms with E-state index in [-0.39, 0.29) is 52.2 Å². The highest BCUT2D eigenvalue weighted by molar-refractivity contribution is 6.45. The van der Waals surface area contributed by atoms with Crippen LogP contribution in [0.2, 0.25) is 6.32 Å². The average Bonchev–Trinajstić information content (AvgIpc) is 3.53. The molecule has 0 aromatic heterocycles. The number of nitrogens with zero attached hydrogens (tertiary/aromatic N) is 2. The second-order valence-corrected chi connectivity index (χ2v) is 17.6. The third kappa shape index (κ3) is 7.20. The molecule has 3 saturated carbocycles. The molecule has 49 heavy (non-hydrogen) atoms. The zero-order valence-corrected chi connectivity index (χ0v) is 31.1. The van der Waals surface area contributed by atoms with Crippen molar-refractivity contribution in [2.75, 3.05) is 26.7 Å². The molecule has 1 aromatic rings. The number of carbonyl (C=O) groups is 3. The first-order valence-corrected chi connectivity index (χ1v) is 18.0. The monoisotopic (exact) mass is 682 g/mol. The van der Waals surface area contributed by atoms with Crippen LogP contribution in [-0.4, -0.2) is 96.7 Å². The van der Waals surface area contributed by atoms with Gasteiger partial charge in [-0.1, -0.05) is 19.9 Å². The molecular weight excluding hydrogens is 627 g/mol. The topological polar surface area (TPSA) is 113 Å². The number of esters is 1. The first-order chi connectivity index (χ1) is 22.7. The Morgan fingerprint density at radius 2 is 1.69 bits per heavy atom. The second kappa shape index (κ2) is 12.7. The van der Waals surface area contributed by atoms with Crippen LogP contribution in [0.3, 0.4) is 0 Å². The molecule has 3 aliphatic heterocycles. The molecule has 1 aromatic carbocycles. The fourth-order valence-electron chi connectivity index (χ4n) is 8.55. The van der Waals surface area contributed by atoms with Crippen molar-refractivity contribution in [2.24, 2.45) is 17.3 Å². The molecule has 6 fully saturated rings. The van der Waals surface area contributed by atoms with E-state index in [1.807, 2.05) is 13.1 Å². The molecule has 3 aliphatic carbocycles. The summed E-state index contributed by atoms with van der Waals surface area (Å²) in [5.74, 6) is 0.748. The molecule has 12 heteroatoms. The molecule has 270 valence electrons. The van der Waals surface area contributed by atoms with Gasteiger partial charge in [0.25, 0.3) is 0 Å². The zero-order chi connectivity index (χ0) is 35.7. The predicted octanol–water partition coefficient (Wildman–Crippen LogP) is 5.91. The lowest BCUT2D eigenvalue weighted by Crippen LogP contribution is -2.65. The maximum absolute atomic E-state index is 13.9. The van der Waals surface area contributed by atoms with Gasteiger partial charge in [0.2, 0.25) is 5.91 Å². The Labute approximate surface area is 291 Å². The molecule has 2 bridgehead atoms. The summed E-state index contributed by atoms with van der Waals surface area (Å²) < 4.78 is 36.7. The van der Waals surface area contributed by atoms with Crippen LogP contribution in [0.5, 0.6) is 11.5 Å². The summed E-state index contributed by atoms with van der Waals surface area (Å²) in [6, 6.07) is 3.42. The first kappa shape index (κ1) is 36.0. The predicted molar refractivity (Wildman–Crippen MR) is 184 cm³/mol. The van der Waals surface area contributed by atoms with Crippen molar-refractivity contribution < 1.29 is 42.6 Å². The minimum Gasteiger partial charge on any atom is -0.486 e. The number of amides is 1. The van der Waals surface area contributed by atoms with Crippen LogP contribution in [-0.2, 0) is 30.0 Å². The van der Waals surface area contributed by atoms with Gasteiger partial charge in [-0.25, -0.2) is 9.59 Å². The summed E-state index contributed by atoms with van der Waals surface area (Å²) in [5.41, 5.74) is -1.15. The quantitative estimate of drug-likeness (QED) is 0.186. The molecule has 0 spiro atoms. The molecule has 11 nitrogen and oxygen atoms in total. The first-order valence-electron chi connectivity index (χ1n) is 18.0. The van der Waals surface area contributed by atoms with E-state index in [0.29, 0.717) is 43.2 Å². The molecule has 0 N–H and O–H groups in total. The van der Waals surface area contributed by atoms with E-state index >= 15 is 0 Å². The summed E-state index contributed by atoms with van der Waals surface area (Å²) in [4.78, 5) is 44.0. The lowest BCUT2D eigenvalue weighted by molar-refractivity contribution is -0.199. The van der Waals surface area contributed by atoms with Gasteiger partial charge in [0.15, 0.2) is 5.75 Å². The number of likely N-dealkylation sites (tertiary alicyclic amines) is 2. The Morgan fingerprint density at radius 3 is 2.31 bits per heavy atom. The summed E-state index contributed by atoms with van der Waals surface area (Å²) in [6.07, 6.45) is 3.67. The van der Waals surface area contributed by atoms with Gasteiger partial charge >= 0.3 is 19.2 Å². The van der Waals surface area contributed by atoms with E-state index in [4.69, 9.17) is 28.3 Å². The van der Waals surface area contributed by atoms with Crippen molar-refractivity contribution in [3.05, 3.63) is 23.3 Å². The van der Waals surface area contributed by atoms with Gasteiger partial charge < -0.3 is 33.2 Å². The van der Waals surface area contributed by atoms with E-state index in [1.165, 1.54) is 0 Å². The van der Waals surface area contributed by atoms with E-state index in [2.05, 4.69) is 25.7 Å². The molecule has 0 radical (unpaired) electrons. The highest BCUT2D eigenvalue weighted by Crippen LogP contribution is 2.65. The van der Waals surface area contributed by atoms with Crippen molar-refractivity contribution in [3.63, 3.8) is 0 Å². The number of aryl methyl sites for hydroxylation is 1. The fraction of sp³-hybridized carbons (Fsp3) is 0.757. The minimum absolute atomic E-state index is 0.00930. The van der Waals surface area contributed by atoms with Crippen molar-refractivity contribution in [3.8, 4) is 11.5 Å². The van der Waals surface area contributed by atoms with Crippen molar-refractivity contribution >= 4 is 25.2 Å². The second-order valence-electron chi connectivity index (χ2n) is 17.6. The third-order valence-corrected chi connectivity index (χ3v) is 11.3. The number of hydrogen-bond donors (Lipinski definition) is 0. The molecule has 6 aliphatic rings. The van der Waals surface area contributed by atoms with Crippen molar-refractivity contribution in [2.45, 2.75) is 136 Å². The van der Waals surface area contributed by atoms with Crippen LogP contribution in [0, 0.1) is 17.3 Å². The molecule has 7 rings (SSSR count). The number of hydrogen-bond acceptors (Lipinski definition) is 10. The molecule has 3 heterocycles. The Morgan fingerprint density at radius 1 is 1.00 bits per heavy atom. The van der Waals surface area contributed by atoms with Crippen molar-refractivity contribution in [1.82, 2.24) is 9.80 Å². The largest absolute Gasteiger partial charge is 0.514 e. The SMILES string of the molecule is CN1CCC[C@H]1C(=O)N1CC(Oc2ccc(CCB3O[C@@H]4C[C@@H]5C[C@@H](C5(C)C)[C@]4(C)O3)c(OC(=O)OC(C)(C)C)c2C(=O)OC(C)(C)C)C1. The van der Waals surface area contributed by atoms with E-state index in [0.717, 1.165) is 32.2 Å². The number of ether oxygens (including phenoxy) is 4. The maximum Gasteiger partial charge on any atom is 0.514 e. The van der Waals surface area contributed by atoms with E-state index < -0.39 is 30.4 Å².